The molecule has 2 aliphatic rings. The van der Waals surface area contributed by atoms with Gasteiger partial charge in [-0.2, -0.15) is 0 Å². The predicted molar refractivity (Wildman–Crippen MR) is 47.1 cm³/mol. The van der Waals surface area contributed by atoms with Gasteiger partial charge in [0.25, 0.3) is 0 Å². The van der Waals surface area contributed by atoms with E-state index in [1.807, 2.05) is 6.20 Å². The Morgan fingerprint density at radius 3 is 3.09 bits per heavy atom. The summed E-state index contributed by atoms with van der Waals surface area (Å²) in [7, 11) is 0. The molecular formula is C10H13N. The molecule has 1 nitrogen and oxygen atoms in total. The van der Waals surface area contributed by atoms with Crippen molar-refractivity contribution >= 4 is 0 Å². The van der Waals surface area contributed by atoms with Gasteiger partial charge in [-0.05, 0) is 30.7 Å². The van der Waals surface area contributed by atoms with Crippen LogP contribution in [-0.4, -0.2) is 6.04 Å². The van der Waals surface area contributed by atoms with Crippen molar-refractivity contribution in [1.82, 2.24) is 5.32 Å². The number of nitrogens with one attached hydrogen (secondary N) is 1. The Hall–Kier alpha value is -0.980. The van der Waals surface area contributed by atoms with Crippen molar-refractivity contribution in [3.05, 3.63) is 35.6 Å². The quantitative estimate of drug-likeness (QED) is 0.552. The molecule has 2 unspecified atom stereocenters. The zero-order valence-corrected chi connectivity index (χ0v) is 6.96. The Morgan fingerprint density at radius 1 is 1.45 bits per heavy atom. The molecule has 1 heterocycles. The summed E-state index contributed by atoms with van der Waals surface area (Å²) in [5, 5.41) is 3.34. The van der Waals surface area contributed by atoms with E-state index < -0.39 is 0 Å². The zero-order chi connectivity index (χ0) is 7.84. The Morgan fingerprint density at radius 2 is 2.27 bits per heavy atom. The van der Waals surface area contributed by atoms with Gasteiger partial charge in [-0.1, -0.05) is 24.6 Å². The highest BCUT2D eigenvalue weighted by atomic mass is 14.9. The molecule has 0 aromatic heterocycles. The molecule has 1 N–H and O–H groups in total. The van der Waals surface area contributed by atoms with E-state index in [2.05, 4.69) is 37.4 Å². The van der Waals surface area contributed by atoms with E-state index in [4.69, 9.17) is 0 Å². The molecule has 1 aliphatic carbocycles. The van der Waals surface area contributed by atoms with Gasteiger partial charge in [-0.3, -0.25) is 0 Å². The molecule has 0 saturated carbocycles. The van der Waals surface area contributed by atoms with Crippen LogP contribution < -0.4 is 5.32 Å². The number of allylic oxidation sites excluding steroid dienone is 2. The van der Waals surface area contributed by atoms with Gasteiger partial charge in [0, 0.05) is 0 Å². The highest BCUT2D eigenvalue weighted by Gasteiger charge is 2.23. The fourth-order valence-corrected chi connectivity index (χ4v) is 1.86. The first-order valence-corrected chi connectivity index (χ1v) is 4.10. The zero-order valence-electron chi connectivity index (χ0n) is 6.96. The van der Waals surface area contributed by atoms with Gasteiger partial charge in [0.15, 0.2) is 0 Å². The number of fused-ring (bicyclic) bond motifs is 1. The van der Waals surface area contributed by atoms with E-state index in [-0.39, 0.29) is 0 Å². The fraction of sp³-hybridized carbons (Fsp3) is 0.400. The van der Waals surface area contributed by atoms with Crippen LogP contribution in [0.1, 0.15) is 13.8 Å². The van der Waals surface area contributed by atoms with Crippen LogP contribution in [-0.2, 0) is 0 Å². The van der Waals surface area contributed by atoms with E-state index in [0.29, 0.717) is 12.0 Å². The van der Waals surface area contributed by atoms with Crippen molar-refractivity contribution in [2.45, 2.75) is 19.9 Å². The van der Waals surface area contributed by atoms with Gasteiger partial charge in [0.1, 0.15) is 0 Å². The van der Waals surface area contributed by atoms with Gasteiger partial charge in [0.2, 0.25) is 0 Å². The van der Waals surface area contributed by atoms with Crippen molar-refractivity contribution in [2.75, 3.05) is 0 Å². The highest BCUT2D eigenvalue weighted by molar-refractivity contribution is 5.41. The van der Waals surface area contributed by atoms with Crippen LogP contribution in [0, 0.1) is 5.92 Å². The Balaban J connectivity index is 2.35. The molecule has 0 aromatic carbocycles. The SMILES string of the molecule is CC1=CC(C)C2NC=CC2=C1. The third kappa shape index (κ3) is 1.01. The van der Waals surface area contributed by atoms with Crippen molar-refractivity contribution in [2.24, 2.45) is 5.92 Å². The maximum atomic E-state index is 3.34. The molecule has 0 saturated heterocycles. The van der Waals surface area contributed by atoms with E-state index in [1.165, 1.54) is 11.1 Å². The normalized spacial score (nSPS) is 34.0. The molecule has 1 aliphatic heterocycles. The average molecular weight is 147 g/mol. The predicted octanol–water partition coefficient (Wildman–Crippen LogP) is 1.99. The molecule has 58 valence electrons. The van der Waals surface area contributed by atoms with Gasteiger partial charge in [-0.15, -0.1) is 0 Å². The summed E-state index contributed by atoms with van der Waals surface area (Å²) in [6, 6.07) is 0.540. The largest absolute Gasteiger partial charge is 0.383 e. The molecule has 0 amide bonds. The summed E-state index contributed by atoms with van der Waals surface area (Å²) in [6.07, 6.45) is 8.77. The summed E-state index contributed by atoms with van der Waals surface area (Å²) < 4.78 is 0. The van der Waals surface area contributed by atoms with Crippen LogP contribution in [0.2, 0.25) is 0 Å². The lowest BCUT2D eigenvalue weighted by molar-refractivity contribution is 0.554. The summed E-state index contributed by atoms with van der Waals surface area (Å²) in [5.41, 5.74) is 2.81. The van der Waals surface area contributed by atoms with E-state index in [1.54, 1.807) is 0 Å². The Labute approximate surface area is 67.5 Å². The molecule has 2 atom stereocenters. The average Bonchev–Trinajstić information content (AvgIpc) is 2.34. The molecule has 2 rings (SSSR count). The van der Waals surface area contributed by atoms with Gasteiger partial charge < -0.3 is 5.32 Å². The topological polar surface area (TPSA) is 12.0 Å². The maximum absolute atomic E-state index is 3.34. The van der Waals surface area contributed by atoms with Crippen LogP contribution in [0.15, 0.2) is 35.6 Å². The summed E-state index contributed by atoms with van der Waals surface area (Å²) in [4.78, 5) is 0. The summed E-state index contributed by atoms with van der Waals surface area (Å²) in [6.45, 7) is 4.41. The lowest BCUT2D eigenvalue weighted by atomic mass is 9.89. The van der Waals surface area contributed by atoms with Crippen molar-refractivity contribution in [3.8, 4) is 0 Å². The molecule has 0 spiro atoms. The second-order valence-corrected chi connectivity index (χ2v) is 3.39. The second kappa shape index (κ2) is 2.26. The van der Waals surface area contributed by atoms with E-state index in [0.717, 1.165) is 0 Å². The van der Waals surface area contributed by atoms with Crippen LogP contribution in [0.4, 0.5) is 0 Å². The molecule has 0 radical (unpaired) electrons. The number of rotatable bonds is 0. The standard InChI is InChI=1S/C10H13N/c1-7-5-8(2)10-9(6-7)3-4-11-10/h3-6,8,10-11H,1-2H3. The first-order chi connectivity index (χ1) is 5.27. The first kappa shape index (κ1) is 6.71. The first-order valence-electron chi connectivity index (χ1n) is 4.10. The highest BCUT2D eigenvalue weighted by Crippen LogP contribution is 2.26. The lowest BCUT2D eigenvalue weighted by Gasteiger charge is -2.23. The van der Waals surface area contributed by atoms with Gasteiger partial charge in [-0.25, -0.2) is 0 Å². The van der Waals surface area contributed by atoms with Crippen molar-refractivity contribution < 1.29 is 0 Å². The molecule has 11 heavy (non-hydrogen) atoms. The van der Waals surface area contributed by atoms with Crippen molar-refractivity contribution in [1.29, 1.82) is 0 Å². The van der Waals surface area contributed by atoms with E-state index in [9.17, 15) is 0 Å². The Kier molecular flexibility index (Phi) is 1.38. The molecular weight excluding hydrogens is 134 g/mol. The number of hydrogen-bond acceptors (Lipinski definition) is 1. The number of hydrogen-bond donors (Lipinski definition) is 1. The van der Waals surface area contributed by atoms with Gasteiger partial charge >= 0.3 is 0 Å². The van der Waals surface area contributed by atoms with Crippen LogP contribution in [0.3, 0.4) is 0 Å². The molecule has 0 aromatic rings. The minimum atomic E-state index is 0.540. The fourth-order valence-electron chi connectivity index (χ4n) is 1.86. The minimum absolute atomic E-state index is 0.540. The third-order valence-electron chi connectivity index (χ3n) is 2.36. The monoisotopic (exact) mass is 147 g/mol. The smallest absolute Gasteiger partial charge is 0.0569 e. The lowest BCUT2D eigenvalue weighted by Crippen LogP contribution is -2.29. The molecule has 0 bridgehead atoms. The summed E-state index contributed by atoms with van der Waals surface area (Å²) in [5.74, 6) is 0.630. The van der Waals surface area contributed by atoms with Crippen LogP contribution in [0.25, 0.3) is 0 Å². The third-order valence-corrected chi connectivity index (χ3v) is 2.36. The minimum Gasteiger partial charge on any atom is -0.383 e. The van der Waals surface area contributed by atoms with Crippen LogP contribution in [0.5, 0.6) is 0 Å². The molecule has 0 fully saturated rings. The second-order valence-electron chi connectivity index (χ2n) is 3.39. The molecule has 1 heteroatoms. The Bertz CT molecular complexity index is 258. The van der Waals surface area contributed by atoms with Crippen LogP contribution >= 0.6 is 0 Å². The van der Waals surface area contributed by atoms with E-state index >= 15 is 0 Å². The summed E-state index contributed by atoms with van der Waals surface area (Å²) >= 11 is 0. The maximum Gasteiger partial charge on any atom is 0.0569 e. The van der Waals surface area contributed by atoms with Gasteiger partial charge in [0.05, 0.1) is 6.04 Å². The van der Waals surface area contributed by atoms with Crippen molar-refractivity contribution in [3.63, 3.8) is 0 Å².